The van der Waals surface area contributed by atoms with Crippen LogP contribution in [0.5, 0.6) is 0 Å². The molecule has 0 saturated heterocycles. The maximum Gasteiger partial charge on any atom is 0.341 e. The van der Waals surface area contributed by atoms with Crippen molar-refractivity contribution in [2.45, 2.75) is 26.9 Å². The maximum absolute atomic E-state index is 12.1. The van der Waals surface area contributed by atoms with Crippen molar-refractivity contribution in [1.29, 1.82) is 0 Å². The van der Waals surface area contributed by atoms with Gasteiger partial charge in [0, 0.05) is 0 Å². The molecule has 0 fully saturated rings. The Balaban J connectivity index is 2.03. The number of hydrogen-bond acceptors (Lipinski definition) is 6. The molecule has 0 aliphatic rings. The van der Waals surface area contributed by atoms with Gasteiger partial charge in [0.2, 0.25) is 0 Å². The van der Waals surface area contributed by atoms with Gasteiger partial charge in [-0.05, 0) is 42.5 Å². The van der Waals surface area contributed by atoms with E-state index in [-0.39, 0.29) is 12.6 Å². The van der Waals surface area contributed by atoms with Crippen LogP contribution < -0.4 is 0 Å². The van der Waals surface area contributed by atoms with Gasteiger partial charge in [-0.2, -0.15) is 5.10 Å². The predicted molar refractivity (Wildman–Crippen MR) is 95.9 cm³/mol. The summed E-state index contributed by atoms with van der Waals surface area (Å²) in [7, 11) is 0. The topological polar surface area (TPSA) is 77.2 Å². The third kappa shape index (κ3) is 3.33. The van der Waals surface area contributed by atoms with Crippen molar-refractivity contribution in [3.63, 3.8) is 0 Å². The summed E-state index contributed by atoms with van der Waals surface area (Å²) in [4.78, 5) is 17.7. The Hall–Kier alpha value is -2.51. The number of ether oxygens (including phenoxy) is 1. The highest BCUT2D eigenvalue weighted by molar-refractivity contribution is 7.13. The third-order valence-electron chi connectivity index (χ3n) is 3.80. The molecular weight excluding hydrogens is 338 g/mol. The molecule has 130 valence electrons. The lowest BCUT2D eigenvalue weighted by Gasteiger charge is -2.09. The molecule has 3 rings (SSSR count). The fourth-order valence-corrected chi connectivity index (χ4v) is 3.53. The summed E-state index contributed by atoms with van der Waals surface area (Å²) in [5.41, 5.74) is 2.84. The van der Waals surface area contributed by atoms with Crippen molar-refractivity contribution in [1.82, 2.24) is 14.8 Å². The monoisotopic (exact) mass is 357 g/mol. The summed E-state index contributed by atoms with van der Waals surface area (Å²) < 4.78 is 6.76. The van der Waals surface area contributed by atoms with Gasteiger partial charge in [-0.25, -0.2) is 14.5 Å². The standard InChI is InChI=1S/C18H19N3O3S/c1-3-15-13(18(23)24-4-2)10-19-21(15)16-7-5-6-14(20-16)17-12(11-22)8-9-25-17/h5-10,22H,3-4,11H2,1-2H3. The average Bonchev–Trinajstić information content (AvgIpc) is 3.28. The van der Waals surface area contributed by atoms with Crippen LogP contribution in [-0.4, -0.2) is 32.4 Å². The number of esters is 1. The van der Waals surface area contributed by atoms with E-state index in [1.807, 2.05) is 36.6 Å². The zero-order valence-electron chi connectivity index (χ0n) is 14.1. The third-order valence-corrected chi connectivity index (χ3v) is 4.78. The van der Waals surface area contributed by atoms with Crippen LogP contribution in [0.1, 0.15) is 35.5 Å². The van der Waals surface area contributed by atoms with Crippen molar-refractivity contribution in [2.75, 3.05) is 6.61 Å². The molecule has 25 heavy (non-hydrogen) atoms. The number of aliphatic hydroxyl groups is 1. The highest BCUT2D eigenvalue weighted by Gasteiger charge is 2.19. The van der Waals surface area contributed by atoms with Crippen LogP contribution in [0.3, 0.4) is 0 Å². The molecule has 0 radical (unpaired) electrons. The van der Waals surface area contributed by atoms with Gasteiger partial charge in [0.1, 0.15) is 5.56 Å². The summed E-state index contributed by atoms with van der Waals surface area (Å²) in [6.45, 7) is 4.03. The van der Waals surface area contributed by atoms with Gasteiger partial charge in [0.25, 0.3) is 0 Å². The van der Waals surface area contributed by atoms with E-state index in [9.17, 15) is 9.90 Å². The van der Waals surface area contributed by atoms with Gasteiger partial charge in [-0.15, -0.1) is 11.3 Å². The molecule has 0 unspecified atom stereocenters. The molecule has 0 atom stereocenters. The lowest BCUT2D eigenvalue weighted by molar-refractivity contribution is 0.0525. The van der Waals surface area contributed by atoms with Crippen LogP contribution in [0.2, 0.25) is 0 Å². The second-order valence-corrected chi connectivity index (χ2v) is 6.22. The number of carbonyl (C=O) groups is 1. The van der Waals surface area contributed by atoms with E-state index in [2.05, 4.69) is 10.1 Å². The Morgan fingerprint density at radius 1 is 1.32 bits per heavy atom. The van der Waals surface area contributed by atoms with Crippen molar-refractivity contribution in [2.24, 2.45) is 0 Å². The van der Waals surface area contributed by atoms with Gasteiger partial charge >= 0.3 is 5.97 Å². The molecule has 0 bridgehead atoms. The highest BCUT2D eigenvalue weighted by atomic mass is 32.1. The minimum atomic E-state index is -0.373. The SMILES string of the molecule is CCOC(=O)c1cnn(-c2cccc(-c3sccc3CO)n2)c1CC. The Kier molecular flexibility index (Phi) is 5.25. The minimum Gasteiger partial charge on any atom is -0.462 e. The predicted octanol–water partition coefficient (Wildman–Crippen LogP) is 3.23. The molecule has 0 aliphatic carbocycles. The molecule has 3 aromatic rings. The summed E-state index contributed by atoms with van der Waals surface area (Å²) in [6, 6.07) is 7.52. The first-order valence-corrected chi connectivity index (χ1v) is 8.96. The van der Waals surface area contributed by atoms with E-state index in [1.165, 1.54) is 17.5 Å². The second kappa shape index (κ2) is 7.58. The smallest absolute Gasteiger partial charge is 0.341 e. The van der Waals surface area contributed by atoms with Crippen LogP contribution >= 0.6 is 11.3 Å². The molecule has 1 N–H and O–H groups in total. The van der Waals surface area contributed by atoms with Crippen molar-refractivity contribution < 1.29 is 14.6 Å². The quantitative estimate of drug-likeness (QED) is 0.686. The highest BCUT2D eigenvalue weighted by Crippen LogP contribution is 2.29. The van der Waals surface area contributed by atoms with Crippen LogP contribution in [-0.2, 0) is 17.8 Å². The molecule has 3 heterocycles. The summed E-state index contributed by atoms with van der Waals surface area (Å²) in [5, 5.41) is 15.7. The average molecular weight is 357 g/mol. The molecule has 0 aromatic carbocycles. The van der Waals surface area contributed by atoms with Crippen LogP contribution in [0.15, 0.2) is 35.8 Å². The Morgan fingerprint density at radius 2 is 2.16 bits per heavy atom. The lowest BCUT2D eigenvalue weighted by atomic mass is 10.2. The molecular formula is C18H19N3O3S. The zero-order chi connectivity index (χ0) is 17.8. The van der Waals surface area contributed by atoms with Crippen LogP contribution in [0, 0.1) is 0 Å². The molecule has 0 aliphatic heterocycles. The number of rotatable bonds is 6. The van der Waals surface area contributed by atoms with Gasteiger partial charge in [-0.1, -0.05) is 13.0 Å². The van der Waals surface area contributed by atoms with E-state index in [1.54, 1.807) is 11.6 Å². The number of hydrogen-bond donors (Lipinski definition) is 1. The molecule has 6 nitrogen and oxygen atoms in total. The number of aliphatic hydroxyl groups excluding tert-OH is 1. The first-order chi connectivity index (χ1) is 12.2. The molecule has 7 heteroatoms. The normalized spacial score (nSPS) is 10.8. The molecule has 0 saturated carbocycles. The maximum atomic E-state index is 12.1. The van der Waals surface area contributed by atoms with E-state index in [4.69, 9.17) is 4.74 Å². The Labute approximate surface area is 149 Å². The van der Waals surface area contributed by atoms with Crippen molar-refractivity contribution >= 4 is 17.3 Å². The van der Waals surface area contributed by atoms with Crippen molar-refractivity contribution in [3.8, 4) is 16.4 Å². The van der Waals surface area contributed by atoms with Gasteiger partial charge < -0.3 is 9.84 Å². The molecule has 3 aromatic heterocycles. The van der Waals surface area contributed by atoms with E-state index in [0.717, 1.165) is 21.8 Å². The summed E-state index contributed by atoms with van der Waals surface area (Å²) in [5.74, 6) is 0.254. The van der Waals surface area contributed by atoms with Gasteiger partial charge in [0.15, 0.2) is 5.82 Å². The van der Waals surface area contributed by atoms with Crippen LogP contribution in [0.25, 0.3) is 16.4 Å². The van der Waals surface area contributed by atoms with Gasteiger partial charge in [-0.3, -0.25) is 0 Å². The number of nitrogens with zero attached hydrogens (tertiary/aromatic N) is 3. The van der Waals surface area contributed by atoms with E-state index < -0.39 is 0 Å². The Bertz CT molecular complexity index is 885. The molecule has 0 amide bonds. The number of thiophene rings is 1. The van der Waals surface area contributed by atoms with Crippen molar-refractivity contribution in [3.05, 3.63) is 52.7 Å². The second-order valence-electron chi connectivity index (χ2n) is 5.30. The largest absolute Gasteiger partial charge is 0.462 e. The fraction of sp³-hybridized carbons (Fsp3) is 0.278. The summed E-state index contributed by atoms with van der Waals surface area (Å²) >= 11 is 1.53. The number of aromatic nitrogens is 3. The summed E-state index contributed by atoms with van der Waals surface area (Å²) in [6.07, 6.45) is 2.15. The lowest BCUT2D eigenvalue weighted by Crippen LogP contribution is -2.10. The van der Waals surface area contributed by atoms with Gasteiger partial charge in [0.05, 0.1) is 35.7 Å². The first kappa shape index (κ1) is 17.3. The minimum absolute atomic E-state index is 0.0280. The van der Waals surface area contributed by atoms with E-state index >= 15 is 0 Å². The fourth-order valence-electron chi connectivity index (χ4n) is 2.64. The molecule has 0 spiro atoms. The first-order valence-electron chi connectivity index (χ1n) is 8.08. The number of carbonyl (C=O) groups excluding carboxylic acids is 1. The number of pyridine rings is 1. The zero-order valence-corrected chi connectivity index (χ0v) is 14.9. The van der Waals surface area contributed by atoms with E-state index in [0.29, 0.717) is 24.4 Å². The Morgan fingerprint density at radius 3 is 2.88 bits per heavy atom. The van der Waals surface area contributed by atoms with Crippen LogP contribution in [0.4, 0.5) is 0 Å².